The summed E-state index contributed by atoms with van der Waals surface area (Å²) in [5.41, 5.74) is 1.91. The third-order valence-electron chi connectivity index (χ3n) is 5.96. The average molecular weight is 397 g/mol. The fourth-order valence-electron chi connectivity index (χ4n) is 4.19. The summed E-state index contributed by atoms with van der Waals surface area (Å²) in [6.07, 6.45) is 0.561. The third kappa shape index (κ3) is 4.88. The lowest BCUT2D eigenvalue weighted by Crippen LogP contribution is -2.50. The second-order valence-electron chi connectivity index (χ2n) is 7.73. The van der Waals surface area contributed by atoms with E-state index >= 15 is 0 Å². The second-order valence-corrected chi connectivity index (χ2v) is 7.73. The number of halogens is 1. The number of hydrogen-bond donors (Lipinski definition) is 0. The molecule has 2 heterocycles. The predicted molar refractivity (Wildman–Crippen MR) is 115 cm³/mol. The highest BCUT2D eigenvalue weighted by atomic mass is 19.1. The zero-order valence-corrected chi connectivity index (χ0v) is 16.8. The van der Waals surface area contributed by atoms with Crippen molar-refractivity contribution in [2.75, 3.05) is 68.7 Å². The minimum atomic E-state index is -0.161. The Bertz CT molecular complexity index is 800. The molecule has 29 heavy (non-hydrogen) atoms. The van der Waals surface area contributed by atoms with Gasteiger partial charge in [-0.3, -0.25) is 9.69 Å². The number of amides is 1. The van der Waals surface area contributed by atoms with Gasteiger partial charge in [0.25, 0.3) is 0 Å². The maximum atomic E-state index is 14.0. The van der Waals surface area contributed by atoms with E-state index in [-0.39, 0.29) is 11.7 Å². The van der Waals surface area contributed by atoms with Crippen LogP contribution in [0.3, 0.4) is 0 Å². The molecule has 0 atom stereocenters. The van der Waals surface area contributed by atoms with Crippen molar-refractivity contribution >= 4 is 17.3 Å². The van der Waals surface area contributed by atoms with Gasteiger partial charge in [0.05, 0.1) is 5.69 Å². The van der Waals surface area contributed by atoms with Crippen molar-refractivity contribution in [1.82, 2.24) is 9.80 Å². The Balaban J connectivity index is 1.19. The number of para-hydroxylation sites is 2. The standard InChI is InChI=1S/C23H29FN4O/c24-21-8-4-5-9-22(21)27-14-12-25(13-15-27)11-10-23(29)28-18-16-26(17-19-28)20-6-2-1-3-7-20/h1-9H,10-19H2. The maximum Gasteiger partial charge on any atom is 0.223 e. The van der Waals surface area contributed by atoms with E-state index in [1.807, 2.05) is 23.1 Å². The quantitative estimate of drug-likeness (QED) is 0.777. The number of benzene rings is 2. The number of carbonyl (C=O) groups is 1. The summed E-state index contributed by atoms with van der Waals surface area (Å²) in [4.78, 5) is 21.4. The average Bonchev–Trinajstić information content (AvgIpc) is 2.79. The summed E-state index contributed by atoms with van der Waals surface area (Å²) >= 11 is 0. The Labute approximate surface area is 172 Å². The molecule has 4 rings (SSSR count). The molecule has 0 aliphatic carbocycles. The van der Waals surface area contributed by atoms with Crippen LogP contribution in [0.1, 0.15) is 6.42 Å². The van der Waals surface area contributed by atoms with Gasteiger partial charge >= 0.3 is 0 Å². The van der Waals surface area contributed by atoms with Gasteiger partial charge in [0.2, 0.25) is 5.91 Å². The SMILES string of the molecule is O=C(CCN1CCN(c2ccccc2F)CC1)N1CCN(c2ccccc2)CC1. The van der Waals surface area contributed by atoms with Crippen molar-refractivity contribution in [3.8, 4) is 0 Å². The maximum absolute atomic E-state index is 14.0. The first-order valence-corrected chi connectivity index (χ1v) is 10.5. The van der Waals surface area contributed by atoms with Gasteiger partial charge in [-0.1, -0.05) is 30.3 Å². The summed E-state index contributed by atoms with van der Waals surface area (Å²) in [5.74, 6) is 0.0833. The van der Waals surface area contributed by atoms with Crippen LogP contribution in [0, 0.1) is 5.82 Å². The second kappa shape index (κ2) is 9.27. The van der Waals surface area contributed by atoms with Crippen LogP contribution in [0.2, 0.25) is 0 Å². The highest BCUT2D eigenvalue weighted by Gasteiger charge is 2.23. The lowest BCUT2D eigenvalue weighted by Gasteiger charge is -2.38. The molecule has 0 saturated carbocycles. The monoisotopic (exact) mass is 396 g/mol. The summed E-state index contributed by atoms with van der Waals surface area (Å²) in [6.45, 7) is 7.45. The van der Waals surface area contributed by atoms with Crippen LogP contribution < -0.4 is 9.80 Å². The first-order valence-electron chi connectivity index (χ1n) is 10.5. The topological polar surface area (TPSA) is 30.0 Å². The molecular weight excluding hydrogens is 367 g/mol. The number of nitrogens with zero attached hydrogens (tertiary/aromatic N) is 4. The molecule has 5 nitrogen and oxygen atoms in total. The molecule has 0 aromatic heterocycles. The highest BCUT2D eigenvalue weighted by Crippen LogP contribution is 2.20. The van der Waals surface area contributed by atoms with Crippen LogP contribution in [0.5, 0.6) is 0 Å². The predicted octanol–water partition coefficient (Wildman–Crippen LogP) is 2.69. The van der Waals surface area contributed by atoms with E-state index in [2.05, 4.69) is 39.0 Å². The molecule has 2 aliphatic heterocycles. The number of rotatable bonds is 5. The smallest absolute Gasteiger partial charge is 0.223 e. The van der Waals surface area contributed by atoms with Crippen molar-refractivity contribution in [3.63, 3.8) is 0 Å². The van der Waals surface area contributed by atoms with Gasteiger partial charge in [-0.15, -0.1) is 0 Å². The van der Waals surface area contributed by atoms with Gasteiger partial charge in [0.1, 0.15) is 5.82 Å². The van der Waals surface area contributed by atoms with Gasteiger partial charge in [-0.25, -0.2) is 4.39 Å². The van der Waals surface area contributed by atoms with Gasteiger partial charge < -0.3 is 14.7 Å². The molecule has 2 saturated heterocycles. The minimum absolute atomic E-state index is 0.161. The van der Waals surface area contributed by atoms with Gasteiger partial charge in [0, 0.05) is 71.0 Å². The molecular formula is C23H29FN4O. The Kier molecular flexibility index (Phi) is 6.30. The zero-order valence-electron chi connectivity index (χ0n) is 16.8. The number of piperazine rings is 2. The largest absolute Gasteiger partial charge is 0.368 e. The molecule has 6 heteroatoms. The summed E-state index contributed by atoms with van der Waals surface area (Å²) in [6, 6.07) is 17.3. The van der Waals surface area contributed by atoms with Crippen LogP contribution in [0.25, 0.3) is 0 Å². The van der Waals surface area contributed by atoms with Crippen LogP contribution in [0.15, 0.2) is 54.6 Å². The summed E-state index contributed by atoms with van der Waals surface area (Å²) in [7, 11) is 0. The van der Waals surface area contributed by atoms with E-state index in [0.29, 0.717) is 12.1 Å². The molecule has 0 unspecified atom stereocenters. The van der Waals surface area contributed by atoms with Crippen molar-refractivity contribution in [2.24, 2.45) is 0 Å². The Hall–Kier alpha value is -2.60. The highest BCUT2D eigenvalue weighted by molar-refractivity contribution is 5.76. The molecule has 1 amide bonds. The number of hydrogen-bond acceptors (Lipinski definition) is 4. The van der Waals surface area contributed by atoms with E-state index in [4.69, 9.17) is 0 Å². The molecule has 2 fully saturated rings. The van der Waals surface area contributed by atoms with Gasteiger partial charge in [0.15, 0.2) is 0 Å². The van der Waals surface area contributed by atoms with Crippen molar-refractivity contribution < 1.29 is 9.18 Å². The van der Waals surface area contributed by atoms with E-state index in [1.165, 1.54) is 11.8 Å². The summed E-state index contributed by atoms with van der Waals surface area (Å²) in [5, 5.41) is 0. The molecule has 0 N–H and O–H groups in total. The molecule has 2 aliphatic rings. The fraction of sp³-hybridized carbons (Fsp3) is 0.435. The molecule has 0 radical (unpaired) electrons. The molecule has 0 bridgehead atoms. The van der Waals surface area contributed by atoms with Crippen LogP contribution >= 0.6 is 0 Å². The van der Waals surface area contributed by atoms with Crippen molar-refractivity contribution in [2.45, 2.75) is 6.42 Å². The first-order chi connectivity index (χ1) is 14.2. The van der Waals surface area contributed by atoms with E-state index in [9.17, 15) is 9.18 Å². The van der Waals surface area contributed by atoms with Gasteiger partial charge in [-0.2, -0.15) is 0 Å². The Morgan fingerprint density at radius 3 is 2.07 bits per heavy atom. The lowest BCUT2D eigenvalue weighted by atomic mass is 10.2. The van der Waals surface area contributed by atoms with Crippen LogP contribution in [-0.4, -0.2) is 74.6 Å². The lowest BCUT2D eigenvalue weighted by molar-refractivity contribution is -0.131. The molecule has 0 spiro atoms. The molecule has 2 aromatic rings. The third-order valence-corrected chi connectivity index (χ3v) is 5.96. The number of anilines is 2. The van der Waals surface area contributed by atoms with Crippen molar-refractivity contribution in [1.29, 1.82) is 0 Å². The Morgan fingerprint density at radius 2 is 1.38 bits per heavy atom. The van der Waals surface area contributed by atoms with Crippen LogP contribution in [0.4, 0.5) is 15.8 Å². The van der Waals surface area contributed by atoms with E-state index < -0.39 is 0 Å². The van der Waals surface area contributed by atoms with Gasteiger partial charge in [-0.05, 0) is 24.3 Å². The Morgan fingerprint density at radius 1 is 0.759 bits per heavy atom. The zero-order chi connectivity index (χ0) is 20.1. The van der Waals surface area contributed by atoms with E-state index in [0.717, 1.165) is 58.9 Å². The molecule has 154 valence electrons. The normalized spacial score (nSPS) is 18.2. The fourth-order valence-corrected chi connectivity index (χ4v) is 4.19. The van der Waals surface area contributed by atoms with Crippen LogP contribution in [-0.2, 0) is 4.79 Å². The van der Waals surface area contributed by atoms with E-state index in [1.54, 1.807) is 6.07 Å². The molecule has 2 aromatic carbocycles. The van der Waals surface area contributed by atoms with Crippen molar-refractivity contribution in [3.05, 3.63) is 60.4 Å². The first kappa shape index (κ1) is 19.7. The summed E-state index contributed by atoms with van der Waals surface area (Å²) < 4.78 is 14.0. The minimum Gasteiger partial charge on any atom is -0.368 e. The number of carbonyl (C=O) groups excluding carboxylic acids is 1.